The number of fused-ring (bicyclic) bond motifs is 1. The molecular formula is C10H10ClNO2. The molecule has 2 rings (SSSR count). The van der Waals surface area contributed by atoms with Gasteiger partial charge in [0.1, 0.15) is 0 Å². The third-order valence-electron chi connectivity index (χ3n) is 2.54. The molecule has 0 fully saturated rings. The van der Waals surface area contributed by atoms with E-state index in [2.05, 4.69) is 4.98 Å². The van der Waals surface area contributed by atoms with Gasteiger partial charge in [0, 0.05) is 6.20 Å². The van der Waals surface area contributed by atoms with Gasteiger partial charge in [0.15, 0.2) is 5.69 Å². The van der Waals surface area contributed by atoms with E-state index in [0.717, 1.165) is 36.8 Å². The molecule has 14 heavy (non-hydrogen) atoms. The number of aromatic nitrogens is 1. The van der Waals surface area contributed by atoms with Crippen molar-refractivity contribution in [1.82, 2.24) is 4.98 Å². The number of hydrogen-bond donors (Lipinski definition) is 1. The Hall–Kier alpha value is -1.09. The lowest BCUT2D eigenvalue weighted by Crippen LogP contribution is -2.09. The van der Waals surface area contributed by atoms with E-state index in [1.807, 2.05) is 0 Å². The van der Waals surface area contributed by atoms with E-state index in [0.29, 0.717) is 5.02 Å². The van der Waals surface area contributed by atoms with Gasteiger partial charge in [0.2, 0.25) is 0 Å². The molecule has 0 aliphatic heterocycles. The van der Waals surface area contributed by atoms with Crippen molar-refractivity contribution in [3.63, 3.8) is 0 Å². The number of aryl methyl sites for hydroxylation is 1. The fourth-order valence-electron chi connectivity index (χ4n) is 1.81. The fourth-order valence-corrected chi connectivity index (χ4v) is 2.16. The van der Waals surface area contributed by atoms with Crippen LogP contribution in [0.1, 0.15) is 34.5 Å². The lowest BCUT2D eigenvalue weighted by atomic mass is 9.93. The van der Waals surface area contributed by atoms with Crippen LogP contribution in [0.2, 0.25) is 5.02 Å². The van der Waals surface area contributed by atoms with Gasteiger partial charge in [-0.3, -0.25) is 0 Å². The number of carboxylic acids is 1. The molecule has 1 heterocycles. The van der Waals surface area contributed by atoms with Crippen LogP contribution in [0, 0.1) is 0 Å². The first kappa shape index (κ1) is 9.46. The normalized spacial score (nSPS) is 14.9. The molecule has 0 aromatic carbocycles. The zero-order chi connectivity index (χ0) is 10.1. The Bertz CT molecular complexity index is 390. The van der Waals surface area contributed by atoms with Crippen molar-refractivity contribution in [3.05, 3.63) is 28.0 Å². The Labute approximate surface area is 86.7 Å². The van der Waals surface area contributed by atoms with E-state index >= 15 is 0 Å². The maximum absolute atomic E-state index is 10.8. The first-order valence-electron chi connectivity index (χ1n) is 4.59. The Morgan fingerprint density at radius 1 is 1.43 bits per heavy atom. The smallest absolute Gasteiger partial charge is 0.356 e. The predicted octanol–water partition coefficient (Wildman–Crippen LogP) is 2.31. The molecule has 0 atom stereocenters. The second-order valence-corrected chi connectivity index (χ2v) is 3.81. The van der Waals surface area contributed by atoms with Crippen LogP contribution in [0.3, 0.4) is 0 Å². The van der Waals surface area contributed by atoms with E-state index in [1.54, 1.807) is 6.20 Å². The van der Waals surface area contributed by atoms with Crippen molar-refractivity contribution < 1.29 is 9.90 Å². The van der Waals surface area contributed by atoms with Crippen molar-refractivity contribution in [2.24, 2.45) is 0 Å². The number of carboxylic acid groups (broad SMARTS) is 1. The van der Waals surface area contributed by atoms with Crippen LogP contribution in [0.5, 0.6) is 0 Å². The Morgan fingerprint density at radius 2 is 2.14 bits per heavy atom. The maximum Gasteiger partial charge on any atom is 0.356 e. The summed E-state index contributed by atoms with van der Waals surface area (Å²) in [6, 6.07) is 0. The maximum atomic E-state index is 10.8. The number of hydrogen-bond acceptors (Lipinski definition) is 2. The molecule has 0 unspecified atom stereocenters. The molecule has 1 aliphatic carbocycles. The monoisotopic (exact) mass is 211 g/mol. The number of halogens is 1. The van der Waals surface area contributed by atoms with E-state index in [1.165, 1.54) is 0 Å². The molecule has 4 heteroatoms. The fraction of sp³-hybridized carbons (Fsp3) is 0.400. The largest absolute Gasteiger partial charge is 0.476 e. The van der Waals surface area contributed by atoms with E-state index in [-0.39, 0.29) is 5.69 Å². The van der Waals surface area contributed by atoms with Crippen LogP contribution >= 0.6 is 11.6 Å². The molecule has 0 saturated heterocycles. The summed E-state index contributed by atoms with van der Waals surface area (Å²) in [6.07, 6.45) is 5.69. The van der Waals surface area contributed by atoms with Gasteiger partial charge < -0.3 is 5.11 Å². The highest BCUT2D eigenvalue weighted by Gasteiger charge is 2.19. The first-order chi connectivity index (χ1) is 6.70. The number of rotatable bonds is 1. The highest BCUT2D eigenvalue weighted by Crippen LogP contribution is 2.29. The molecule has 0 amide bonds. The van der Waals surface area contributed by atoms with Gasteiger partial charge in [-0.1, -0.05) is 11.6 Å². The van der Waals surface area contributed by atoms with Crippen molar-refractivity contribution in [3.8, 4) is 0 Å². The molecule has 0 saturated carbocycles. The minimum Gasteiger partial charge on any atom is -0.476 e. The summed E-state index contributed by atoms with van der Waals surface area (Å²) < 4.78 is 0. The average molecular weight is 212 g/mol. The third kappa shape index (κ3) is 1.48. The molecule has 74 valence electrons. The summed E-state index contributed by atoms with van der Waals surface area (Å²) in [7, 11) is 0. The van der Waals surface area contributed by atoms with Crippen LogP contribution in [-0.2, 0) is 12.8 Å². The van der Waals surface area contributed by atoms with E-state index < -0.39 is 5.97 Å². The number of pyridine rings is 1. The number of carbonyl (C=O) groups is 1. The Balaban J connectivity index is 2.54. The summed E-state index contributed by atoms with van der Waals surface area (Å²) >= 11 is 5.98. The molecule has 1 N–H and O–H groups in total. The SMILES string of the molecule is O=C(O)c1ncc2c(c1Cl)CCCC2. The van der Waals surface area contributed by atoms with Gasteiger partial charge in [0.05, 0.1) is 5.02 Å². The minimum absolute atomic E-state index is 0.0210. The second kappa shape index (κ2) is 3.58. The van der Waals surface area contributed by atoms with Crippen LogP contribution in [0.4, 0.5) is 0 Å². The first-order valence-corrected chi connectivity index (χ1v) is 4.97. The van der Waals surface area contributed by atoms with Crippen molar-refractivity contribution in [1.29, 1.82) is 0 Å². The summed E-state index contributed by atoms with van der Waals surface area (Å²) in [5, 5.41) is 9.15. The lowest BCUT2D eigenvalue weighted by Gasteiger charge is -2.16. The molecule has 0 spiro atoms. The van der Waals surface area contributed by atoms with Crippen molar-refractivity contribution >= 4 is 17.6 Å². The molecule has 1 aromatic rings. The second-order valence-electron chi connectivity index (χ2n) is 3.44. The van der Waals surface area contributed by atoms with Crippen LogP contribution in [0.15, 0.2) is 6.20 Å². The van der Waals surface area contributed by atoms with Crippen molar-refractivity contribution in [2.75, 3.05) is 0 Å². The lowest BCUT2D eigenvalue weighted by molar-refractivity contribution is 0.0690. The Kier molecular flexibility index (Phi) is 2.42. The number of nitrogens with zero attached hydrogens (tertiary/aromatic N) is 1. The molecule has 0 radical (unpaired) electrons. The topological polar surface area (TPSA) is 50.2 Å². The number of aromatic carboxylic acids is 1. The molecule has 0 bridgehead atoms. The summed E-state index contributed by atoms with van der Waals surface area (Å²) in [5.74, 6) is -1.05. The van der Waals surface area contributed by atoms with Crippen LogP contribution < -0.4 is 0 Å². The average Bonchev–Trinajstić information content (AvgIpc) is 2.18. The van der Waals surface area contributed by atoms with Gasteiger partial charge in [-0.15, -0.1) is 0 Å². The van der Waals surface area contributed by atoms with Crippen molar-refractivity contribution in [2.45, 2.75) is 25.7 Å². The standard InChI is InChI=1S/C10H10ClNO2/c11-8-7-4-2-1-3-6(7)5-12-9(8)10(13)14/h5H,1-4H2,(H,13,14). The van der Waals surface area contributed by atoms with Gasteiger partial charge in [-0.05, 0) is 36.8 Å². The molecule has 3 nitrogen and oxygen atoms in total. The van der Waals surface area contributed by atoms with Gasteiger partial charge in [-0.25, -0.2) is 9.78 Å². The molecule has 1 aliphatic rings. The quantitative estimate of drug-likeness (QED) is 0.776. The summed E-state index contributed by atoms with van der Waals surface area (Å²) in [6.45, 7) is 0. The zero-order valence-corrected chi connectivity index (χ0v) is 8.34. The van der Waals surface area contributed by atoms with E-state index in [9.17, 15) is 4.79 Å². The molecular weight excluding hydrogens is 202 g/mol. The highest BCUT2D eigenvalue weighted by atomic mass is 35.5. The van der Waals surface area contributed by atoms with E-state index in [4.69, 9.17) is 16.7 Å². The summed E-state index contributed by atoms with van der Waals surface area (Å²) in [5.41, 5.74) is 2.06. The van der Waals surface area contributed by atoms with Gasteiger partial charge >= 0.3 is 5.97 Å². The molecule has 1 aromatic heterocycles. The van der Waals surface area contributed by atoms with Gasteiger partial charge in [0.25, 0.3) is 0 Å². The zero-order valence-electron chi connectivity index (χ0n) is 7.59. The third-order valence-corrected chi connectivity index (χ3v) is 2.94. The predicted molar refractivity (Wildman–Crippen MR) is 52.8 cm³/mol. The van der Waals surface area contributed by atoms with Gasteiger partial charge in [-0.2, -0.15) is 0 Å². The Morgan fingerprint density at radius 3 is 2.86 bits per heavy atom. The minimum atomic E-state index is -1.05. The van der Waals surface area contributed by atoms with Crippen LogP contribution in [-0.4, -0.2) is 16.1 Å². The van der Waals surface area contributed by atoms with Crippen LogP contribution in [0.25, 0.3) is 0 Å². The highest BCUT2D eigenvalue weighted by molar-refractivity contribution is 6.34. The summed E-state index contributed by atoms with van der Waals surface area (Å²) in [4.78, 5) is 14.6.